The van der Waals surface area contributed by atoms with E-state index in [9.17, 15) is 4.79 Å². The van der Waals surface area contributed by atoms with Crippen molar-refractivity contribution in [1.29, 1.82) is 0 Å². The van der Waals surface area contributed by atoms with E-state index in [4.69, 9.17) is 16.6 Å². The van der Waals surface area contributed by atoms with Crippen LogP contribution in [-0.2, 0) is 13.1 Å². The largest absolute Gasteiger partial charge is 0.366 e. The molecule has 0 spiro atoms. The van der Waals surface area contributed by atoms with Gasteiger partial charge in [-0.2, -0.15) is 9.61 Å². The van der Waals surface area contributed by atoms with Crippen molar-refractivity contribution in [3.8, 4) is 11.3 Å². The van der Waals surface area contributed by atoms with E-state index < -0.39 is 0 Å². The van der Waals surface area contributed by atoms with Crippen LogP contribution in [0.1, 0.15) is 27.0 Å². The SMILES string of the molecule is Cc1cnn2c(NCc3ccc(CNC(=O)c4cccc5ccccc45)cc3)cc(-c3ccccc3Cl)nc12. The lowest BCUT2D eigenvalue weighted by Crippen LogP contribution is -2.23. The Morgan fingerprint density at radius 3 is 2.41 bits per heavy atom. The molecule has 192 valence electrons. The molecule has 0 saturated carbocycles. The molecular formula is C32H26ClN5O. The van der Waals surface area contributed by atoms with Gasteiger partial charge in [0.2, 0.25) is 0 Å². The van der Waals surface area contributed by atoms with Crippen LogP contribution in [0.4, 0.5) is 5.82 Å². The molecule has 2 heterocycles. The average molecular weight is 532 g/mol. The Labute approximate surface area is 231 Å². The topological polar surface area (TPSA) is 71.3 Å². The van der Waals surface area contributed by atoms with Gasteiger partial charge in [-0.1, -0.05) is 90.5 Å². The molecule has 0 atom stereocenters. The molecule has 6 nitrogen and oxygen atoms in total. The first kappa shape index (κ1) is 24.6. The minimum absolute atomic E-state index is 0.0805. The fraction of sp³-hybridized carbons (Fsp3) is 0.0938. The number of aromatic nitrogens is 3. The van der Waals surface area contributed by atoms with E-state index in [0.29, 0.717) is 23.7 Å². The maximum Gasteiger partial charge on any atom is 0.252 e. The number of carbonyl (C=O) groups excluding carboxylic acids is 1. The fourth-order valence-electron chi connectivity index (χ4n) is 4.67. The van der Waals surface area contributed by atoms with Crippen LogP contribution in [0.5, 0.6) is 0 Å². The Kier molecular flexibility index (Phi) is 6.69. The first-order chi connectivity index (χ1) is 19.1. The van der Waals surface area contributed by atoms with Gasteiger partial charge in [-0.15, -0.1) is 0 Å². The lowest BCUT2D eigenvalue weighted by Gasteiger charge is -2.12. The summed E-state index contributed by atoms with van der Waals surface area (Å²) in [5.74, 6) is 0.748. The number of halogens is 1. The molecule has 0 aliphatic rings. The highest BCUT2D eigenvalue weighted by atomic mass is 35.5. The summed E-state index contributed by atoms with van der Waals surface area (Å²) in [6, 6.07) is 31.6. The number of nitrogens with zero attached hydrogens (tertiary/aromatic N) is 3. The molecule has 0 radical (unpaired) electrons. The fourth-order valence-corrected chi connectivity index (χ4v) is 4.91. The number of hydrogen-bond donors (Lipinski definition) is 2. The molecule has 6 rings (SSSR count). The molecule has 0 bridgehead atoms. The van der Waals surface area contributed by atoms with Crippen molar-refractivity contribution in [3.05, 3.63) is 131 Å². The number of hydrogen-bond acceptors (Lipinski definition) is 4. The van der Waals surface area contributed by atoms with Crippen molar-refractivity contribution < 1.29 is 4.79 Å². The van der Waals surface area contributed by atoms with E-state index in [1.165, 1.54) is 0 Å². The second kappa shape index (κ2) is 10.6. The van der Waals surface area contributed by atoms with Gasteiger partial charge >= 0.3 is 0 Å². The third kappa shape index (κ3) is 5.07. The Morgan fingerprint density at radius 1 is 0.872 bits per heavy atom. The van der Waals surface area contributed by atoms with E-state index in [1.807, 2.05) is 103 Å². The van der Waals surface area contributed by atoms with Crippen LogP contribution in [0.25, 0.3) is 27.7 Å². The third-order valence-corrected chi connectivity index (χ3v) is 7.11. The number of fused-ring (bicyclic) bond motifs is 2. The van der Waals surface area contributed by atoms with Gasteiger partial charge in [0.15, 0.2) is 5.65 Å². The molecule has 1 amide bonds. The quantitative estimate of drug-likeness (QED) is 0.231. The summed E-state index contributed by atoms with van der Waals surface area (Å²) in [6.07, 6.45) is 1.81. The normalized spacial score (nSPS) is 11.1. The monoisotopic (exact) mass is 531 g/mol. The number of benzene rings is 4. The summed E-state index contributed by atoms with van der Waals surface area (Å²) in [6.45, 7) is 3.05. The second-order valence-corrected chi connectivity index (χ2v) is 9.86. The van der Waals surface area contributed by atoms with E-state index in [-0.39, 0.29) is 5.91 Å². The van der Waals surface area contributed by atoms with Gasteiger partial charge < -0.3 is 10.6 Å². The number of anilines is 1. The molecule has 0 aliphatic heterocycles. The predicted octanol–water partition coefficient (Wildman–Crippen LogP) is 7.05. The van der Waals surface area contributed by atoms with Crippen LogP contribution in [0, 0.1) is 6.92 Å². The van der Waals surface area contributed by atoms with Crippen LogP contribution in [0.3, 0.4) is 0 Å². The molecule has 0 aliphatic carbocycles. The Balaban J connectivity index is 1.15. The predicted molar refractivity (Wildman–Crippen MR) is 157 cm³/mol. The van der Waals surface area contributed by atoms with E-state index in [1.54, 1.807) is 0 Å². The maximum absolute atomic E-state index is 12.9. The summed E-state index contributed by atoms with van der Waals surface area (Å²) in [7, 11) is 0. The summed E-state index contributed by atoms with van der Waals surface area (Å²) in [5.41, 5.74) is 6.25. The first-order valence-corrected chi connectivity index (χ1v) is 13.1. The van der Waals surface area contributed by atoms with Gasteiger partial charge in [-0.3, -0.25) is 4.79 Å². The van der Waals surface area contributed by atoms with Crippen molar-refractivity contribution in [2.75, 3.05) is 5.32 Å². The number of rotatable bonds is 7. The molecular weight excluding hydrogens is 506 g/mol. The van der Waals surface area contributed by atoms with Crippen molar-refractivity contribution >= 4 is 39.7 Å². The molecule has 0 unspecified atom stereocenters. The maximum atomic E-state index is 12.9. The highest BCUT2D eigenvalue weighted by Crippen LogP contribution is 2.29. The summed E-state index contributed by atoms with van der Waals surface area (Å²) < 4.78 is 1.81. The second-order valence-electron chi connectivity index (χ2n) is 9.45. The Morgan fingerprint density at radius 2 is 1.59 bits per heavy atom. The van der Waals surface area contributed by atoms with E-state index >= 15 is 0 Å². The van der Waals surface area contributed by atoms with E-state index in [0.717, 1.165) is 50.2 Å². The molecule has 2 N–H and O–H groups in total. The molecule has 0 fully saturated rings. The van der Waals surface area contributed by atoms with Crippen LogP contribution >= 0.6 is 11.6 Å². The smallest absolute Gasteiger partial charge is 0.252 e. The lowest BCUT2D eigenvalue weighted by molar-refractivity contribution is 0.0952. The minimum Gasteiger partial charge on any atom is -0.366 e. The van der Waals surface area contributed by atoms with E-state index in [2.05, 4.69) is 27.9 Å². The van der Waals surface area contributed by atoms with Crippen molar-refractivity contribution in [3.63, 3.8) is 0 Å². The van der Waals surface area contributed by atoms with Gasteiger partial charge in [0.05, 0.1) is 11.9 Å². The number of nitrogens with one attached hydrogen (secondary N) is 2. The molecule has 0 saturated heterocycles. The standard InChI is InChI=1S/C32H26ClN5O/c1-21-18-36-38-30(17-29(37-31(21)38)27-10-4-5-12-28(27)33)34-19-22-13-15-23(16-14-22)20-35-32(39)26-11-6-8-24-7-2-3-9-25(24)26/h2-18,34H,19-20H2,1H3,(H,35,39). The third-order valence-electron chi connectivity index (χ3n) is 6.78. The minimum atomic E-state index is -0.0805. The van der Waals surface area contributed by atoms with Gasteiger partial charge in [0.1, 0.15) is 5.82 Å². The van der Waals surface area contributed by atoms with Gasteiger partial charge in [0, 0.05) is 40.9 Å². The van der Waals surface area contributed by atoms with Crippen molar-refractivity contribution in [2.24, 2.45) is 0 Å². The zero-order valence-corrected chi connectivity index (χ0v) is 22.1. The molecule has 6 aromatic rings. The zero-order chi connectivity index (χ0) is 26.8. The number of amides is 1. The Hall–Kier alpha value is -4.68. The number of carbonyl (C=O) groups is 1. The molecule has 7 heteroatoms. The molecule has 2 aromatic heterocycles. The highest BCUT2D eigenvalue weighted by molar-refractivity contribution is 6.33. The summed E-state index contributed by atoms with van der Waals surface area (Å²) >= 11 is 6.46. The summed E-state index contributed by atoms with van der Waals surface area (Å²) in [5, 5.41) is 13.7. The lowest BCUT2D eigenvalue weighted by atomic mass is 10.0. The highest BCUT2D eigenvalue weighted by Gasteiger charge is 2.13. The molecule has 39 heavy (non-hydrogen) atoms. The first-order valence-electron chi connectivity index (χ1n) is 12.7. The van der Waals surface area contributed by atoms with Crippen LogP contribution in [0.2, 0.25) is 5.02 Å². The summed E-state index contributed by atoms with van der Waals surface area (Å²) in [4.78, 5) is 17.7. The van der Waals surface area contributed by atoms with Gasteiger partial charge in [0.25, 0.3) is 5.91 Å². The van der Waals surface area contributed by atoms with Crippen molar-refractivity contribution in [1.82, 2.24) is 19.9 Å². The van der Waals surface area contributed by atoms with Gasteiger partial charge in [-0.05, 0) is 41.0 Å². The zero-order valence-electron chi connectivity index (χ0n) is 21.4. The van der Waals surface area contributed by atoms with Crippen LogP contribution in [-0.4, -0.2) is 20.5 Å². The Bertz CT molecular complexity index is 1800. The van der Waals surface area contributed by atoms with Gasteiger partial charge in [-0.25, -0.2) is 4.98 Å². The van der Waals surface area contributed by atoms with Crippen molar-refractivity contribution in [2.45, 2.75) is 20.0 Å². The average Bonchev–Trinajstić information content (AvgIpc) is 3.35. The van der Waals surface area contributed by atoms with Crippen LogP contribution in [0.15, 0.2) is 103 Å². The number of aryl methyl sites for hydroxylation is 1. The van der Waals surface area contributed by atoms with Crippen LogP contribution < -0.4 is 10.6 Å². The molecule has 4 aromatic carbocycles.